The van der Waals surface area contributed by atoms with Crippen LogP contribution in [0.4, 0.5) is 15.8 Å². The molecule has 0 fully saturated rings. The van der Waals surface area contributed by atoms with Crippen LogP contribution in [0.25, 0.3) is 0 Å². The summed E-state index contributed by atoms with van der Waals surface area (Å²) >= 11 is 0. The van der Waals surface area contributed by atoms with Crippen LogP contribution >= 0.6 is 0 Å². The van der Waals surface area contributed by atoms with Gasteiger partial charge in [-0.05, 0) is 44.5 Å². The van der Waals surface area contributed by atoms with Crippen molar-refractivity contribution < 1.29 is 22.3 Å². The maximum atomic E-state index is 13.8. The first-order valence-electron chi connectivity index (χ1n) is 9.46. The molecule has 0 aliphatic carbocycles. The van der Waals surface area contributed by atoms with Crippen molar-refractivity contribution in [1.82, 2.24) is 0 Å². The first-order valence-corrected chi connectivity index (χ1v) is 11.1. The van der Waals surface area contributed by atoms with E-state index in [9.17, 15) is 17.6 Å². The van der Waals surface area contributed by atoms with E-state index >= 15 is 0 Å². The average molecular weight is 421 g/mol. The van der Waals surface area contributed by atoms with Gasteiger partial charge in [0.15, 0.2) is 0 Å². The highest BCUT2D eigenvalue weighted by Crippen LogP contribution is 2.38. The predicted molar refractivity (Wildman–Crippen MR) is 111 cm³/mol. The summed E-state index contributed by atoms with van der Waals surface area (Å²) in [6.45, 7) is 6.33. The van der Waals surface area contributed by atoms with Crippen molar-refractivity contribution in [3.05, 3.63) is 53.8 Å². The van der Waals surface area contributed by atoms with E-state index in [1.165, 1.54) is 18.2 Å². The Kier molecular flexibility index (Phi) is 5.84. The summed E-state index contributed by atoms with van der Waals surface area (Å²) < 4.78 is 47.2. The fourth-order valence-corrected chi connectivity index (χ4v) is 4.39. The molecule has 0 atom stereocenters. The Morgan fingerprint density at radius 2 is 1.93 bits per heavy atom. The van der Waals surface area contributed by atoms with E-state index in [0.29, 0.717) is 18.0 Å². The number of ether oxygens (including phenoxy) is 1. The molecule has 0 spiro atoms. The fraction of sp³-hybridized carbons (Fsp3) is 0.381. The maximum Gasteiger partial charge on any atom is 0.237 e. The molecule has 1 aliphatic heterocycles. The highest BCUT2D eigenvalue weighted by atomic mass is 32.2. The number of amides is 1. The number of carbonyl (C=O) groups is 1. The third-order valence-corrected chi connectivity index (χ3v) is 5.92. The molecule has 0 radical (unpaired) electrons. The number of anilines is 2. The molecule has 0 aromatic heterocycles. The number of carbonyl (C=O) groups excluding carboxylic acids is 1. The summed E-state index contributed by atoms with van der Waals surface area (Å²) in [6.07, 6.45) is 0.741. The van der Waals surface area contributed by atoms with E-state index in [2.05, 4.69) is 4.72 Å². The number of nitrogens with one attached hydrogen (secondary N) is 1. The second kappa shape index (κ2) is 8.02. The molecule has 1 amide bonds. The van der Waals surface area contributed by atoms with E-state index in [4.69, 9.17) is 4.74 Å². The minimum Gasteiger partial charge on any atom is -0.490 e. The normalized spacial score (nSPS) is 16.0. The van der Waals surface area contributed by atoms with E-state index < -0.39 is 27.0 Å². The second-order valence-electron chi connectivity index (χ2n) is 7.76. The number of halogens is 1. The molecular weight excluding hydrogens is 395 g/mol. The Labute approximate surface area is 170 Å². The number of sulfonamides is 1. The van der Waals surface area contributed by atoms with Crippen LogP contribution in [0.5, 0.6) is 5.75 Å². The van der Waals surface area contributed by atoms with Gasteiger partial charge < -0.3 is 9.64 Å². The first-order chi connectivity index (χ1) is 13.6. The third-order valence-electron chi connectivity index (χ3n) is 4.69. The molecule has 6 nitrogen and oxygen atoms in total. The molecule has 8 heteroatoms. The summed E-state index contributed by atoms with van der Waals surface area (Å²) in [7, 11) is -3.85. The van der Waals surface area contributed by atoms with Crippen molar-refractivity contribution in [2.45, 2.75) is 32.9 Å². The number of nitrogens with zero attached hydrogens (tertiary/aromatic N) is 1. The van der Waals surface area contributed by atoms with Crippen molar-refractivity contribution in [1.29, 1.82) is 0 Å². The number of hydrogen-bond donors (Lipinski definition) is 1. The molecule has 0 saturated heterocycles. The molecule has 0 bridgehead atoms. The molecule has 1 heterocycles. The largest absolute Gasteiger partial charge is 0.490 e. The molecule has 2 aromatic rings. The quantitative estimate of drug-likeness (QED) is 0.768. The molecule has 156 valence electrons. The molecule has 0 unspecified atom stereocenters. The SMILES string of the molecule is CCCN1C(=O)C(C)(C)COc2ccc(NS(=O)(=O)Cc3ccccc3F)cc21. The maximum absolute atomic E-state index is 13.8. The van der Waals surface area contributed by atoms with Gasteiger partial charge in [0.05, 0.1) is 22.5 Å². The molecule has 3 rings (SSSR count). The topological polar surface area (TPSA) is 75.7 Å². The first kappa shape index (κ1) is 21.1. The molecule has 1 aliphatic rings. The highest BCUT2D eigenvalue weighted by molar-refractivity contribution is 7.91. The van der Waals surface area contributed by atoms with Gasteiger partial charge in [0.1, 0.15) is 18.2 Å². The minimum atomic E-state index is -3.85. The lowest BCUT2D eigenvalue weighted by Gasteiger charge is -2.28. The van der Waals surface area contributed by atoms with Crippen LogP contribution < -0.4 is 14.4 Å². The number of benzene rings is 2. The standard InChI is InChI=1S/C21H25FN2O4S/c1-4-11-24-18-12-16(9-10-19(18)28-14-21(2,3)20(24)25)23-29(26,27)13-15-7-5-6-8-17(15)22/h5-10,12,23H,4,11,13-14H2,1-3H3. The van der Waals surface area contributed by atoms with Crippen LogP contribution in [0.15, 0.2) is 42.5 Å². The van der Waals surface area contributed by atoms with Gasteiger partial charge in [-0.1, -0.05) is 25.1 Å². The summed E-state index contributed by atoms with van der Waals surface area (Å²) in [5, 5.41) is 0. The lowest BCUT2D eigenvalue weighted by atomic mass is 9.93. The van der Waals surface area contributed by atoms with Crippen molar-refractivity contribution >= 4 is 27.3 Å². The van der Waals surface area contributed by atoms with Crippen molar-refractivity contribution in [3.63, 3.8) is 0 Å². The van der Waals surface area contributed by atoms with E-state index in [-0.39, 0.29) is 23.8 Å². The zero-order chi connectivity index (χ0) is 21.2. The van der Waals surface area contributed by atoms with Crippen LogP contribution in [-0.4, -0.2) is 27.5 Å². The molecular formula is C21H25FN2O4S. The van der Waals surface area contributed by atoms with Crippen LogP contribution in [0.3, 0.4) is 0 Å². The molecule has 2 aromatic carbocycles. The lowest BCUT2D eigenvalue weighted by molar-refractivity contribution is -0.127. The summed E-state index contributed by atoms with van der Waals surface area (Å²) in [4.78, 5) is 14.6. The Morgan fingerprint density at radius 3 is 2.62 bits per heavy atom. The summed E-state index contributed by atoms with van der Waals surface area (Å²) in [5.74, 6) is -0.619. The van der Waals surface area contributed by atoms with Crippen LogP contribution in [0.2, 0.25) is 0 Å². The van der Waals surface area contributed by atoms with Crippen LogP contribution in [0, 0.1) is 11.2 Å². The van der Waals surface area contributed by atoms with Gasteiger partial charge >= 0.3 is 0 Å². The van der Waals surface area contributed by atoms with Gasteiger partial charge in [-0.2, -0.15) is 0 Å². The van der Waals surface area contributed by atoms with Gasteiger partial charge in [-0.3, -0.25) is 9.52 Å². The zero-order valence-corrected chi connectivity index (χ0v) is 17.6. The summed E-state index contributed by atoms with van der Waals surface area (Å²) in [5.41, 5.74) is 0.201. The van der Waals surface area contributed by atoms with Gasteiger partial charge in [0, 0.05) is 12.1 Å². The highest BCUT2D eigenvalue weighted by Gasteiger charge is 2.37. The Morgan fingerprint density at radius 1 is 1.21 bits per heavy atom. The van der Waals surface area contributed by atoms with Crippen molar-refractivity contribution in [2.75, 3.05) is 22.8 Å². The number of rotatable bonds is 6. The second-order valence-corrected chi connectivity index (χ2v) is 9.49. The van der Waals surface area contributed by atoms with Crippen LogP contribution in [-0.2, 0) is 20.6 Å². The zero-order valence-electron chi connectivity index (χ0n) is 16.7. The molecule has 0 saturated carbocycles. The fourth-order valence-electron chi connectivity index (χ4n) is 3.19. The average Bonchev–Trinajstić information content (AvgIpc) is 2.74. The Bertz CT molecular complexity index is 1020. The summed E-state index contributed by atoms with van der Waals surface area (Å²) in [6, 6.07) is 10.6. The lowest BCUT2D eigenvalue weighted by Crippen LogP contribution is -2.42. The van der Waals surface area contributed by atoms with Crippen molar-refractivity contribution in [3.8, 4) is 5.75 Å². The third kappa shape index (κ3) is 4.70. The minimum absolute atomic E-state index is 0.0792. The Hall–Kier alpha value is -2.61. The molecule has 1 N–H and O–H groups in total. The van der Waals surface area contributed by atoms with Gasteiger partial charge in [0.25, 0.3) is 0 Å². The Balaban J connectivity index is 1.91. The van der Waals surface area contributed by atoms with E-state index in [1.807, 2.05) is 20.8 Å². The van der Waals surface area contributed by atoms with E-state index in [0.717, 1.165) is 6.42 Å². The van der Waals surface area contributed by atoms with Crippen molar-refractivity contribution in [2.24, 2.45) is 5.41 Å². The monoisotopic (exact) mass is 420 g/mol. The van der Waals surface area contributed by atoms with Gasteiger partial charge in [-0.25, -0.2) is 12.8 Å². The number of fused-ring (bicyclic) bond motifs is 1. The predicted octanol–water partition coefficient (Wildman–Crippen LogP) is 3.93. The van der Waals surface area contributed by atoms with Crippen LogP contribution in [0.1, 0.15) is 32.8 Å². The van der Waals surface area contributed by atoms with Gasteiger partial charge in [0.2, 0.25) is 15.9 Å². The number of hydrogen-bond acceptors (Lipinski definition) is 4. The molecule has 29 heavy (non-hydrogen) atoms. The van der Waals surface area contributed by atoms with E-state index in [1.54, 1.807) is 29.2 Å². The van der Waals surface area contributed by atoms with Gasteiger partial charge in [-0.15, -0.1) is 0 Å². The smallest absolute Gasteiger partial charge is 0.237 e.